The molecule has 0 aliphatic carbocycles. The molecule has 3 aromatic rings. The molecule has 1 atom stereocenters. The lowest BCUT2D eigenvalue weighted by atomic mass is 10.1. The van der Waals surface area contributed by atoms with Gasteiger partial charge in [0.05, 0.1) is 17.2 Å². The number of fused-ring (bicyclic) bond motifs is 1. The predicted molar refractivity (Wildman–Crippen MR) is 86.7 cm³/mol. The molecule has 0 N–H and O–H groups in total. The van der Waals surface area contributed by atoms with Crippen LogP contribution in [0.3, 0.4) is 0 Å². The van der Waals surface area contributed by atoms with Gasteiger partial charge in [-0.2, -0.15) is 4.98 Å². The van der Waals surface area contributed by atoms with E-state index in [0.29, 0.717) is 30.1 Å². The monoisotopic (exact) mass is 326 g/mol. The SMILES string of the molecule is Cc1cccc2c(=O)n(CCc3noc(C4CCCO4)n3)cnc12. The van der Waals surface area contributed by atoms with Crippen LogP contribution in [0.15, 0.2) is 33.8 Å². The summed E-state index contributed by atoms with van der Waals surface area (Å²) in [6.07, 6.45) is 3.93. The first kappa shape index (κ1) is 15.0. The van der Waals surface area contributed by atoms with Crippen molar-refractivity contribution >= 4 is 10.9 Å². The summed E-state index contributed by atoms with van der Waals surface area (Å²) in [6, 6.07) is 5.63. The molecule has 1 saturated heterocycles. The third-order valence-corrected chi connectivity index (χ3v) is 4.32. The van der Waals surface area contributed by atoms with Crippen LogP contribution in [-0.2, 0) is 17.7 Å². The van der Waals surface area contributed by atoms with Crippen LogP contribution in [0.5, 0.6) is 0 Å². The van der Waals surface area contributed by atoms with Crippen molar-refractivity contribution in [1.82, 2.24) is 19.7 Å². The minimum absolute atomic E-state index is 0.0495. The lowest BCUT2D eigenvalue weighted by Gasteiger charge is -2.06. The molecule has 1 aliphatic heterocycles. The summed E-state index contributed by atoms with van der Waals surface area (Å²) in [5.41, 5.74) is 1.70. The van der Waals surface area contributed by atoms with Crippen molar-refractivity contribution in [2.45, 2.75) is 38.8 Å². The van der Waals surface area contributed by atoms with E-state index in [2.05, 4.69) is 15.1 Å². The fourth-order valence-corrected chi connectivity index (χ4v) is 2.99. The maximum absolute atomic E-state index is 12.6. The molecule has 0 amide bonds. The Bertz CT molecular complexity index is 925. The van der Waals surface area contributed by atoms with Gasteiger partial charge in [-0.1, -0.05) is 17.3 Å². The van der Waals surface area contributed by atoms with Gasteiger partial charge >= 0.3 is 0 Å². The molecule has 2 aromatic heterocycles. The van der Waals surface area contributed by atoms with Crippen molar-refractivity contribution in [3.05, 3.63) is 52.2 Å². The van der Waals surface area contributed by atoms with Crippen molar-refractivity contribution in [2.75, 3.05) is 6.61 Å². The topological polar surface area (TPSA) is 83.0 Å². The van der Waals surface area contributed by atoms with E-state index in [4.69, 9.17) is 9.26 Å². The lowest BCUT2D eigenvalue weighted by Crippen LogP contribution is -2.22. The van der Waals surface area contributed by atoms with Crippen LogP contribution in [0.4, 0.5) is 0 Å². The zero-order valence-corrected chi connectivity index (χ0v) is 13.4. The molecule has 1 fully saturated rings. The van der Waals surface area contributed by atoms with E-state index in [0.717, 1.165) is 30.5 Å². The van der Waals surface area contributed by atoms with Gasteiger partial charge in [0.25, 0.3) is 11.4 Å². The zero-order valence-electron chi connectivity index (χ0n) is 13.4. The third kappa shape index (κ3) is 2.71. The van der Waals surface area contributed by atoms with Gasteiger partial charge < -0.3 is 9.26 Å². The minimum atomic E-state index is -0.0840. The first-order chi connectivity index (χ1) is 11.7. The van der Waals surface area contributed by atoms with Crippen LogP contribution < -0.4 is 5.56 Å². The summed E-state index contributed by atoms with van der Waals surface area (Å²) < 4.78 is 12.4. The second-order valence-electron chi connectivity index (χ2n) is 6.01. The fourth-order valence-electron chi connectivity index (χ4n) is 2.99. The van der Waals surface area contributed by atoms with Crippen LogP contribution in [-0.4, -0.2) is 26.3 Å². The van der Waals surface area contributed by atoms with Gasteiger partial charge in [0, 0.05) is 19.6 Å². The number of nitrogens with zero attached hydrogens (tertiary/aromatic N) is 4. The summed E-state index contributed by atoms with van der Waals surface area (Å²) in [5, 5.41) is 4.61. The first-order valence-electron chi connectivity index (χ1n) is 8.11. The summed E-state index contributed by atoms with van der Waals surface area (Å²) in [5.74, 6) is 1.11. The predicted octanol–water partition coefficient (Wildman–Crippen LogP) is 2.18. The summed E-state index contributed by atoms with van der Waals surface area (Å²) in [7, 11) is 0. The smallest absolute Gasteiger partial charge is 0.261 e. The molecule has 4 rings (SSSR count). The van der Waals surface area contributed by atoms with Gasteiger partial charge in [-0.15, -0.1) is 0 Å². The van der Waals surface area contributed by atoms with Crippen LogP contribution >= 0.6 is 0 Å². The fraction of sp³-hybridized carbons (Fsp3) is 0.412. The van der Waals surface area contributed by atoms with Crippen molar-refractivity contribution < 1.29 is 9.26 Å². The molecular formula is C17H18N4O3. The highest BCUT2D eigenvalue weighted by Gasteiger charge is 2.23. The van der Waals surface area contributed by atoms with Crippen LogP contribution in [0.2, 0.25) is 0 Å². The molecule has 1 aromatic carbocycles. The Morgan fingerprint density at radius 2 is 2.29 bits per heavy atom. The van der Waals surface area contributed by atoms with Crippen LogP contribution in [0, 0.1) is 6.92 Å². The molecule has 3 heterocycles. The van der Waals surface area contributed by atoms with E-state index in [1.807, 2.05) is 19.1 Å². The molecule has 1 unspecified atom stereocenters. The molecule has 0 bridgehead atoms. The first-order valence-corrected chi connectivity index (χ1v) is 8.11. The van der Waals surface area contributed by atoms with Gasteiger partial charge in [0.1, 0.15) is 6.10 Å². The molecular weight excluding hydrogens is 308 g/mol. The average Bonchev–Trinajstić information content (AvgIpc) is 3.26. The van der Waals surface area contributed by atoms with E-state index in [1.165, 1.54) is 0 Å². The minimum Gasteiger partial charge on any atom is -0.368 e. The van der Waals surface area contributed by atoms with Crippen molar-refractivity contribution in [2.24, 2.45) is 0 Å². The normalized spacial score (nSPS) is 17.6. The molecule has 0 spiro atoms. The van der Waals surface area contributed by atoms with Gasteiger partial charge in [-0.3, -0.25) is 9.36 Å². The number of aryl methyl sites for hydroxylation is 3. The Kier molecular flexibility index (Phi) is 3.86. The Morgan fingerprint density at radius 3 is 3.12 bits per heavy atom. The molecule has 24 heavy (non-hydrogen) atoms. The largest absolute Gasteiger partial charge is 0.368 e. The zero-order chi connectivity index (χ0) is 16.5. The van der Waals surface area contributed by atoms with E-state index in [1.54, 1.807) is 17.0 Å². The quantitative estimate of drug-likeness (QED) is 0.731. The summed E-state index contributed by atoms with van der Waals surface area (Å²) in [6.45, 7) is 3.14. The molecule has 7 nitrogen and oxygen atoms in total. The van der Waals surface area contributed by atoms with Gasteiger partial charge in [-0.25, -0.2) is 4.98 Å². The number of hydrogen-bond donors (Lipinski definition) is 0. The molecule has 0 radical (unpaired) electrons. The molecule has 1 aliphatic rings. The highest BCUT2D eigenvalue weighted by atomic mass is 16.5. The number of hydrogen-bond acceptors (Lipinski definition) is 6. The highest BCUT2D eigenvalue weighted by Crippen LogP contribution is 2.26. The van der Waals surface area contributed by atoms with Crippen molar-refractivity contribution in [3.63, 3.8) is 0 Å². The lowest BCUT2D eigenvalue weighted by molar-refractivity contribution is 0.0835. The third-order valence-electron chi connectivity index (χ3n) is 4.32. The van der Waals surface area contributed by atoms with E-state index in [9.17, 15) is 4.79 Å². The Labute approximate surface area is 138 Å². The molecule has 7 heteroatoms. The van der Waals surface area contributed by atoms with Crippen molar-refractivity contribution in [1.29, 1.82) is 0 Å². The number of para-hydroxylation sites is 1. The average molecular weight is 326 g/mol. The van der Waals surface area contributed by atoms with Crippen molar-refractivity contribution in [3.8, 4) is 0 Å². The van der Waals surface area contributed by atoms with Crippen LogP contribution in [0.25, 0.3) is 10.9 Å². The summed E-state index contributed by atoms with van der Waals surface area (Å²) >= 11 is 0. The summed E-state index contributed by atoms with van der Waals surface area (Å²) in [4.78, 5) is 21.3. The Balaban J connectivity index is 1.53. The second kappa shape index (κ2) is 6.16. The second-order valence-corrected chi connectivity index (χ2v) is 6.01. The maximum atomic E-state index is 12.6. The number of ether oxygens (including phenoxy) is 1. The Hall–Kier alpha value is -2.54. The van der Waals surface area contributed by atoms with E-state index in [-0.39, 0.29) is 11.7 Å². The van der Waals surface area contributed by atoms with Gasteiger partial charge in [0.15, 0.2) is 5.82 Å². The van der Waals surface area contributed by atoms with Crippen LogP contribution in [0.1, 0.15) is 36.2 Å². The van der Waals surface area contributed by atoms with E-state index >= 15 is 0 Å². The van der Waals surface area contributed by atoms with Gasteiger partial charge in [0.2, 0.25) is 0 Å². The molecule has 0 saturated carbocycles. The Morgan fingerprint density at radius 1 is 1.38 bits per heavy atom. The highest BCUT2D eigenvalue weighted by molar-refractivity contribution is 5.80. The number of aromatic nitrogens is 4. The standard InChI is InChI=1S/C17H18N4O3/c1-11-4-2-5-12-15(11)18-10-21(17(12)22)8-7-14-19-16(24-20-14)13-6-3-9-23-13/h2,4-5,10,13H,3,6-9H2,1H3. The number of benzene rings is 1. The molecule has 124 valence electrons. The van der Waals surface area contributed by atoms with Gasteiger partial charge in [-0.05, 0) is 31.4 Å². The maximum Gasteiger partial charge on any atom is 0.261 e. The number of rotatable bonds is 4. The van der Waals surface area contributed by atoms with E-state index < -0.39 is 0 Å².